The maximum atomic E-state index is 12.6. The van der Waals surface area contributed by atoms with Crippen molar-refractivity contribution in [2.75, 3.05) is 10.6 Å². The summed E-state index contributed by atoms with van der Waals surface area (Å²) in [5.74, 6) is 0.171. The minimum absolute atomic E-state index is 0.239. The molecule has 3 rings (SSSR count). The Morgan fingerprint density at radius 1 is 1.08 bits per heavy atom. The molecule has 25 heavy (non-hydrogen) atoms. The van der Waals surface area contributed by atoms with Gasteiger partial charge in [0.05, 0.1) is 16.1 Å². The summed E-state index contributed by atoms with van der Waals surface area (Å²) in [7, 11) is 0. The van der Waals surface area contributed by atoms with Gasteiger partial charge < -0.3 is 10.6 Å². The molecule has 0 fully saturated rings. The van der Waals surface area contributed by atoms with E-state index in [1.807, 2.05) is 25.3 Å². The highest BCUT2D eigenvalue weighted by Crippen LogP contribution is 2.20. The van der Waals surface area contributed by atoms with Gasteiger partial charge in [0, 0.05) is 11.8 Å². The summed E-state index contributed by atoms with van der Waals surface area (Å²) in [5, 5.41) is 14.4. The molecule has 0 spiro atoms. The van der Waals surface area contributed by atoms with E-state index in [1.54, 1.807) is 36.4 Å². The third-order valence-electron chi connectivity index (χ3n) is 3.63. The second-order valence-electron chi connectivity index (χ2n) is 5.79. The molecule has 0 saturated heterocycles. The molecule has 0 unspecified atom stereocenters. The average molecular weight is 354 g/mol. The van der Waals surface area contributed by atoms with Crippen LogP contribution in [0.4, 0.5) is 11.5 Å². The smallest absolute Gasteiger partial charge is 0.265 e. The summed E-state index contributed by atoms with van der Waals surface area (Å²) < 4.78 is 0. The molecule has 0 bridgehead atoms. The molecule has 2 amide bonds. The number of hydrogen-bond acceptors (Lipinski definition) is 4. The molecule has 7 heteroatoms. The molecule has 6 nitrogen and oxygen atoms in total. The first-order chi connectivity index (χ1) is 12.0. The number of rotatable bonds is 5. The van der Waals surface area contributed by atoms with E-state index in [0.29, 0.717) is 21.9 Å². The molecule has 1 aromatic carbocycles. The Hall–Kier alpha value is -2.93. The van der Waals surface area contributed by atoms with E-state index in [4.69, 9.17) is 0 Å². The van der Waals surface area contributed by atoms with Gasteiger partial charge in [-0.25, -0.2) is 0 Å². The highest BCUT2D eigenvalue weighted by Gasteiger charge is 2.16. The number of anilines is 2. The number of nitrogens with zero attached hydrogens (tertiary/aromatic N) is 1. The third kappa shape index (κ3) is 3.95. The fraction of sp³-hybridized carbons (Fsp3) is 0.167. The van der Waals surface area contributed by atoms with E-state index < -0.39 is 0 Å². The highest BCUT2D eigenvalue weighted by molar-refractivity contribution is 7.12. The van der Waals surface area contributed by atoms with Crippen molar-refractivity contribution in [2.24, 2.45) is 0 Å². The van der Waals surface area contributed by atoms with Gasteiger partial charge in [-0.15, -0.1) is 11.3 Å². The molecule has 0 atom stereocenters. The zero-order chi connectivity index (χ0) is 17.8. The summed E-state index contributed by atoms with van der Waals surface area (Å²) in [6, 6.07) is 12.2. The first-order valence-corrected chi connectivity index (χ1v) is 8.73. The molecule has 0 aliphatic heterocycles. The molecule has 0 aliphatic carbocycles. The Morgan fingerprint density at radius 3 is 2.56 bits per heavy atom. The molecule has 3 aromatic rings. The number of hydrogen-bond donors (Lipinski definition) is 3. The number of thiophene rings is 1. The van der Waals surface area contributed by atoms with Crippen LogP contribution in [0, 0.1) is 0 Å². The van der Waals surface area contributed by atoms with Crippen LogP contribution >= 0.6 is 11.3 Å². The number of carbonyl (C=O) groups excluding carboxylic acids is 2. The average Bonchev–Trinajstić information content (AvgIpc) is 3.27. The number of aromatic amines is 1. The van der Waals surface area contributed by atoms with Crippen LogP contribution in [0.3, 0.4) is 0 Å². The molecule has 0 saturated carbocycles. The first-order valence-electron chi connectivity index (χ1n) is 7.85. The third-order valence-corrected chi connectivity index (χ3v) is 4.49. The van der Waals surface area contributed by atoms with E-state index in [-0.39, 0.29) is 17.7 Å². The predicted octanol–water partition coefficient (Wildman–Crippen LogP) is 4.10. The predicted molar refractivity (Wildman–Crippen MR) is 99.3 cm³/mol. The van der Waals surface area contributed by atoms with Crippen LogP contribution in [0.1, 0.15) is 45.5 Å². The summed E-state index contributed by atoms with van der Waals surface area (Å²) in [6.07, 6.45) is 0. The van der Waals surface area contributed by atoms with Crippen molar-refractivity contribution in [3.05, 3.63) is 64.0 Å². The van der Waals surface area contributed by atoms with E-state index >= 15 is 0 Å². The standard InChI is InChI=1S/C18H18N4O2S/c1-11(2)14-10-16(22-21-14)20-17(23)12-6-3-4-7-13(12)19-18(24)15-8-5-9-25-15/h3-11H,1-2H3,(H,19,24)(H2,20,21,22,23). The van der Waals surface area contributed by atoms with Crippen molar-refractivity contribution in [1.29, 1.82) is 0 Å². The van der Waals surface area contributed by atoms with Crippen LogP contribution in [0.15, 0.2) is 47.8 Å². The molecular weight excluding hydrogens is 336 g/mol. The number of aromatic nitrogens is 2. The summed E-state index contributed by atoms with van der Waals surface area (Å²) in [4.78, 5) is 25.4. The van der Waals surface area contributed by atoms with Crippen molar-refractivity contribution in [1.82, 2.24) is 10.2 Å². The summed E-state index contributed by atoms with van der Waals surface area (Å²) >= 11 is 1.35. The lowest BCUT2D eigenvalue weighted by molar-refractivity contribution is 0.102. The number of amides is 2. The lowest BCUT2D eigenvalue weighted by Gasteiger charge is -2.10. The zero-order valence-electron chi connectivity index (χ0n) is 13.9. The van der Waals surface area contributed by atoms with Crippen LogP contribution in [0.25, 0.3) is 0 Å². The second-order valence-corrected chi connectivity index (χ2v) is 6.74. The van der Waals surface area contributed by atoms with Gasteiger partial charge in [0.1, 0.15) is 0 Å². The van der Waals surface area contributed by atoms with Crippen molar-refractivity contribution in [3.63, 3.8) is 0 Å². The number of benzene rings is 1. The van der Waals surface area contributed by atoms with Gasteiger partial charge in [-0.3, -0.25) is 14.7 Å². The molecule has 0 aliphatic rings. The molecular formula is C18H18N4O2S. The van der Waals surface area contributed by atoms with Crippen molar-refractivity contribution in [2.45, 2.75) is 19.8 Å². The lowest BCUT2D eigenvalue weighted by Crippen LogP contribution is -2.17. The molecule has 0 radical (unpaired) electrons. The van der Waals surface area contributed by atoms with E-state index in [0.717, 1.165) is 5.69 Å². The Balaban J connectivity index is 1.77. The number of nitrogens with one attached hydrogen (secondary N) is 3. The molecule has 2 aromatic heterocycles. The SMILES string of the molecule is CC(C)c1cc(NC(=O)c2ccccc2NC(=O)c2cccs2)n[nH]1. The van der Waals surface area contributed by atoms with Crippen LogP contribution in [-0.2, 0) is 0 Å². The van der Waals surface area contributed by atoms with E-state index in [2.05, 4.69) is 20.8 Å². The monoisotopic (exact) mass is 354 g/mol. The van der Waals surface area contributed by atoms with Gasteiger partial charge in [-0.05, 0) is 29.5 Å². The molecule has 2 heterocycles. The van der Waals surface area contributed by atoms with Gasteiger partial charge in [0.15, 0.2) is 5.82 Å². The van der Waals surface area contributed by atoms with Gasteiger partial charge in [-0.2, -0.15) is 5.10 Å². The van der Waals surface area contributed by atoms with Crippen molar-refractivity contribution >= 4 is 34.7 Å². The van der Waals surface area contributed by atoms with Crippen molar-refractivity contribution < 1.29 is 9.59 Å². The minimum atomic E-state index is -0.330. The Labute approximate surface area is 149 Å². The fourth-order valence-corrected chi connectivity index (χ4v) is 2.88. The van der Waals surface area contributed by atoms with Crippen LogP contribution in [-0.4, -0.2) is 22.0 Å². The Kier molecular flexibility index (Phi) is 4.95. The zero-order valence-corrected chi connectivity index (χ0v) is 14.7. The largest absolute Gasteiger partial charge is 0.321 e. The van der Waals surface area contributed by atoms with Crippen LogP contribution < -0.4 is 10.6 Å². The quantitative estimate of drug-likeness (QED) is 0.645. The van der Waals surface area contributed by atoms with Gasteiger partial charge >= 0.3 is 0 Å². The minimum Gasteiger partial charge on any atom is -0.321 e. The van der Waals surface area contributed by atoms with Crippen molar-refractivity contribution in [3.8, 4) is 0 Å². The second kappa shape index (κ2) is 7.31. The van der Waals surface area contributed by atoms with Crippen LogP contribution in [0.2, 0.25) is 0 Å². The highest BCUT2D eigenvalue weighted by atomic mass is 32.1. The molecule has 3 N–H and O–H groups in total. The Bertz CT molecular complexity index is 884. The maximum Gasteiger partial charge on any atom is 0.265 e. The first kappa shape index (κ1) is 16.9. The van der Waals surface area contributed by atoms with Crippen LogP contribution in [0.5, 0.6) is 0 Å². The summed E-state index contributed by atoms with van der Waals surface area (Å²) in [6.45, 7) is 4.07. The van der Waals surface area contributed by atoms with E-state index in [1.165, 1.54) is 11.3 Å². The van der Waals surface area contributed by atoms with Gasteiger partial charge in [0.25, 0.3) is 11.8 Å². The number of para-hydroxylation sites is 1. The number of carbonyl (C=O) groups is 2. The Morgan fingerprint density at radius 2 is 1.88 bits per heavy atom. The van der Waals surface area contributed by atoms with Gasteiger partial charge in [-0.1, -0.05) is 32.0 Å². The topological polar surface area (TPSA) is 86.9 Å². The normalized spacial score (nSPS) is 10.7. The number of H-pyrrole nitrogens is 1. The lowest BCUT2D eigenvalue weighted by atomic mass is 10.1. The fourth-order valence-electron chi connectivity index (χ4n) is 2.26. The summed E-state index contributed by atoms with van der Waals surface area (Å²) in [5.41, 5.74) is 1.77. The van der Waals surface area contributed by atoms with Gasteiger partial charge in [0.2, 0.25) is 0 Å². The maximum absolute atomic E-state index is 12.6. The molecule has 128 valence electrons. The van der Waals surface area contributed by atoms with E-state index in [9.17, 15) is 9.59 Å².